The molecule has 2 bridgehead atoms. The first-order valence-corrected chi connectivity index (χ1v) is 9.17. The standard InChI is InChI=1S/C18H20Cl2N4/c1-11-18(12-6-8-24(11)9-7-12)21-17-5-4-16(22-23-17)13-2-3-14(19)15(20)10-13/h2-5,10-12,18H,6-9H2,1H3,(H,21,23)/t11-,18-/m1/s1. The quantitative estimate of drug-likeness (QED) is 0.881. The summed E-state index contributed by atoms with van der Waals surface area (Å²) >= 11 is 12.0. The third-order valence-electron chi connectivity index (χ3n) is 5.37. The Morgan fingerprint density at radius 3 is 2.46 bits per heavy atom. The minimum Gasteiger partial charge on any atom is -0.364 e. The van der Waals surface area contributed by atoms with Gasteiger partial charge in [0.2, 0.25) is 0 Å². The molecule has 0 saturated carbocycles. The van der Waals surface area contributed by atoms with Crippen LogP contribution in [0.2, 0.25) is 10.0 Å². The summed E-state index contributed by atoms with van der Waals surface area (Å²) in [4.78, 5) is 2.56. The lowest BCUT2D eigenvalue weighted by Crippen LogP contribution is -2.59. The first kappa shape index (κ1) is 16.1. The average molecular weight is 363 g/mol. The van der Waals surface area contributed by atoms with Gasteiger partial charge in [0.05, 0.1) is 15.7 Å². The van der Waals surface area contributed by atoms with Gasteiger partial charge in [-0.2, -0.15) is 0 Å². The highest BCUT2D eigenvalue weighted by atomic mass is 35.5. The Kier molecular flexibility index (Phi) is 4.37. The number of hydrogen-bond acceptors (Lipinski definition) is 4. The van der Waals surface area contributed by atoms with Crippen LogP contribution in [-0.2, 0) is 0 Å². The molecule has 0 unspecified atom stereocenters. The lowest BCUT2D eigenvalue weighted by molar-refractivity contribution is 0.0457. The van der Waals surface area contributed by atoms with E-state index in [4.69, 9.17) is 23.2 Å². The zero-order valence-corrected chi connectivity index (χ0v) is 15.1. The van der Waals surface area contributed by atoms with Gasteiger partial charge in [-0.15, -0.1) is 10.2 Å². The third kappa shape index (κ3) is 2.99. The number of hydrogen-bond donors (Lipinski definition) is 1. The molecule has 1 aromatic carbocycles. The number of piperidine rings is 3. The molecule has 0 amide bonds. The summed E-state index contributed by atoms with van der Waals surface area (Å²) in [7, 11) is 0. The predicted molar refractivity (Wildman–Crippen MR) is 98.7 cm³/mol. The van der Waals surface area contributed by atoms with Crippen molar-refractivity contribution in [2.24, 2.45) is 5.92 Å². The molecule has 4 heterocycles. The van der Waals surface area contributed by atoms with Crippen molar-refractivity contribution in [2.45, 2.75) is 31.8 Å². The number of anilines is 1. The molecule has 0 aliphatic carbocycles. The molecule has 1 aromatic heterocycles. The average Bonchev–Trinajstić information content (AvgIpc) is 2.61. The highest BCUT2D eigenvalue weighted by molar-refractivity contribution is 6.42. The van der Waals surface area contributed by atoms with Gasteiger partial charge in [0, 0.05) is 17.6 Å². The number of rotatable bonds is 3. The summed E-state index contributed by atoms with van der Waals surface area (Å²) in [5.74, 6) is 1.57. The van der Waals surface area contributed by atoms with E-state index in [1.165, 1.54) is 25.9 Å². The maximum Gasteiger partial charge on any atom is 0.148 e. The lowest BCUT2D eigenvalue weighted by Gasteiger charge is -2.50. The van der Waals surface area contributed by atoms with Gasteiger partial charge in [-0.1, -0.05) is 29.3 Å². The summed E-state index contributed by atoms with van der Waals surface area (Å²) in [6.07, 6.45) is 2.55. The maximum atomic E-state index is 6.08. The minimum absolute atomic E-state index is 0.456. The van der Waals surface area contributed by atoms with Crippen LogP contribution in [0.3, 0.4) is 0 Å². The predicted octanol–water partition coefficient (Wildman–Crippen LogP) is 4.35. The van der Waals surface area contributed by atoms with Crippen molar-refractivity contribution in [3.05, 3.63) is 40.4 Å². The Balaban J connectivity index is 1.50. The smallest absolute Gasteiger partial charge is 0.148 e. The van der Waals surface area contributed by atoms with E-state index in [9.17, 15) is 0 Å². The zero-order chi connectivity index (χ0) is 16.7. The second kappa shape index (κ2) is 6.51. The van der Waals surface area contributed by atoms with E-state index in [2.05, 4.69) is 27.3 Å². The van der Waals surface area contributed by atoms with Crippen LogP contribution < -0.4 is 5.32 Å². The van der Waals surface area contributed by atoms with Gasteiger partial charge in [0.25, 0.3) is 0 Å². The Hall–Kier alpha value is -1.36. The molecule has 126 valence electrons. The maximum absolute atomic E-state index is 6.08. The van der Waals surface area contributed by atoms with Gasteiger partial charge in [0.15, 0.2) is 0 Å². The molecule has 5 rings (SSSR count). The highest BCUT2D eigenvalue weighted by Crippen LogP contribution is 2.34. The molecule has 6 heteroatoms. The Labute approximate surface area is 152 Å². The van der Waals surface area contributed by atoms with Crippen molar-refractivity contribution >= 4 is 29.0 Å². The van der Waals surface area contributed by atoms with Crippen LogP contribution in [0.15, 0.2) is 30.3 Å². The summed E-state index contributed by atoms with van der Waals surface area (Å²) in [5.41, 5.74) is 1.71. The molecule has 1 N–H and O–H groups in total. The van der Waals surface area contributed by atoms with Crippen molar-refractivity contribution in [1.82, 2.24) is 15.1 Å². The molecule has 4 nitrogen and oxygen atoms in total. The fraction of sp³-hybridized carbons (Fsp3) is 0.444. The Bertz CT molecular complexity index is 724. The van der Waals surface area contributed by atoms with Gasteiger partial charge < -0.3 is 5.32 Å². The first-order valence-electron chi connectivity index (χ1n) is 8.41. The highest BCUT2D eigenvalue weighted by Gasteiger charge is 2.39. The van der Waals surface area contributed by atoms with Crippen LogP contribution in [0, 0.1) is 5.92 Å². The molecular weight excluding hydrogens is 343 g/mol. The molecular formula is C18H20Cl2N4. The summed E-state index contributed by atoms with van der Waals surface area (Å²) in [6, 6.07) is 10.5. The fourth-order valence-electron chi connectivity index (χ4n) is 3.93. The molecule has 3 fully saturated rings. The van der Waals surface area contributed by atoms with Gasteiger partial charge in [0.1, 0.15) is 5.82 Å². The van der Waals surface area contributed by atoms with E-state index in [0.717, 1.165) is 23.0 Å². The number of halogens is 2. The van der Waals surface area contributed by atoms with E-state index < -0.39 is 0 Å². The monoisotopic (exact) mass is 362 g/mol. The van der Waals surface area contributed by atoms with Crippen LogP contribution in [0.1, 0.15) is 19.8 Å². The number of fused-ring (bicyclic) bond motifs is 3. The van der Waals surface area contributed by atoms with Crippen molar-refractivity contribution in [3.8, 4) is 11.3 Å². The Morgan fingerprint density at radius 2 is 1.83 bits per heavy atom. The van der Waals surface area contributed by atoms with Crippen LogP contribution in [0.4, 0.5) is 5.82 Å². The number of nitrogens with zero attached hydrogens (tertiary/aromatic N) is 3. The first-order chi connectivity index (χ1) is 11.6. The van der Waals surface area contributed by atoms with Crippen molar-refractivity contribution in [1.29, 1.82) is 0 Å². The van der Waals surface area contributed by atoms with Crippen molar-refractivity contribution in [2.75, 3.05) is 18.4 Å². The van der Waals surface area contributed by atoms with Crippen LogP contribution >= 0.6 is 23.2 Å². The zero-order valence-electron chi connectivity index (χ0n) is 13.5. The number of benzene rings is 1. The largest absolute Gasteiger partial charge is 0.364 e. The molecule has 3 saturated heterocycles. The Morgan fingerprint density at radius 1 is 1.04 bits per heavy atom. The SMILES string of the molecule is C[C@@H]1[C@@H](Nc2ccc(-c3ccc(Cl)c(Cl)c3)nn2)C2CCN1CC2. The lowest BCUT2D eigenvalue weighted by atomic mass is 9.79. The summed E-state index contributed by atoms with van der Waals surface area (Å²) in [6.45, 7) is 4.76. The molecule has 2 aromatic rings. The van der Waals surface area contributed by atoms with Crippen LogP contribution in [0.5, 0.6) is 0 Å². The third-order valence-corrected chi connectivity index (χ3v) is 6.11. The molecule has 0 spiro atoms. The molecule has 24 heavy (non-hydrogen) atoms. The van der Waals surface area contributed by atoms with Gasteiger partial charge in [-0.25, -0.2) is 0 Å². The minimum atomic E-state index is 0.456. The van der Waals surface area contributed by atoms with E-state index in [0.29, 0.717) is 22.1 Å². The summed E-state index contributed by atoms with van der Waals surface area (Å²) < 4.78 is 0. The van der Waals surface area contributed by atoms with E-state index >= 15 is 0 Å². The second-order valence-corrected chi connectivity index (χ2v) is 7.53. The molecule has 0 radical (unpaired) electrons. The van der Waals surface area contributed by atoms with Gasteiger partial charge >= 0.3 is 0 Å². The normalized spacial score (nSPS) is 28.8. The topological polar surface area (TPSA) is 41.1 Å². The van der Waals surface area contributed by atoms with E-state index in [1.54, 1.807) is 6.07 Å². The molecule has 3 aliphatic rings. The van der Waals surface area contributed by atoms with Gasteiger partial charge in [-0.05, 0) is 63.0 Å². The number of nitrogens with one attached hydrogen (secondary N) is 1. The van der Waals surface area contributed by atoms with Gasteiger partial charge in [-0.3, -0.25) is 4.90 Å². The number of aromatic nitrogens is 2. The molecule has 2 atom stereocenters. The molecule has 3 aliphatic heterocycles. The van der Waals surface area contributed by atoms with E-state index in [1.807, 2.05) is 24.3 Å². The summed E-state index contributed by atoms with van der Waals surface area (Å²) in [5, 5.41) is 13.4. The second-order valence-electron chi connectivity index (χ2n) is 6.72. The van der Waals surface area contributed by atoms with Crippen LogP contribution in [-0.4, -0.2) is 40.3 Å². The van der Waals surface area contributed by atoms with Crippen LogP contribution in [0.25, 0.3) is 11.3 Å². The fourth-order valence-corrected chi connectivity index (χ4v) is 4.23. The van der Waals surface area contributed by atoms with E-state index in [-0.39, 0.29) is 0 Å². The van der Waals surface area contributed by atoms with Crippen molar-refractivity contribution < 1.29 is 0 Å². The van der Waals surface area contributed by atoms with Crippen molar-refractivity contribution in [3.63, 3.8) is 0 Å².